The lowest BCUT2D eigenvalue weighted by Crippen LogP contribution is -2.23. The third-order valence-corrected chi connectivity index (χ3v) is 6.74. The van der Waals surface area contributed by atoms with Crippen LogP contribution in [0.4, 0.5) is 11.4 Å². The first-order chi connectivity index (χ1) is 13.9. The number of sulfonamides is 2. The van der Waals surface area contributed by atoms with Gasteiger partial charge < -0.3 is 0 Å². The Bertz CT molecular complexity index is 999. The molecule has 0 amide bonds. The second-order valence-corrected chi connectivity index (χ2v) is 11.6. The average Bonchev–Trinajstić information content (AvgIpc) is 2.63. The predicted molar refractivity (Wildman–Crippen MR) is 128 cm³/mol. The first kappa shape index (κ1) is 24.8. The maximum absolute atomic E-state index is 13.3. The molecule has 2 N–H and O–H groups in total. The number of benzene rings is 2. The molecule has 0 aliphatic carbocycles. The smallest absolute Gasteiger partial charge is 0.229 e. The Labute approximate surface area is 194 Å². The second kappa shape index (κ2) is 10.3. The number of nitrogens with one attached hydrogen (secondary N) is 2. The van der Waals surface area contributed by atoms with Gasteiger partial charge in [0.25, 0.3) is 0 Å². The highest BCUT2D eigenvalue weighted by Gasteiger charge is 2.28. The molecule has 0 fully saturated rings. The summed E-state index contributed by atoms with van der Waals surface area (Å²) in [6.45, 7) is 0. The zero-order valence-electron chi connectivity index (χ0n) is 16.3. The normalized spacial score (nSPS) is 14.0. The van der Waals surface area contributed by atoms with Gasteiger partial charge in [-0.3, -0.25) is 14.2 Å². The Hall–Kier alpha value is -1.43. The molecule has 2 rings (SSSR count). The Morgan fingerprint density at radius 2 is 1.03 bits per heavy atom. The number of hydrogen-bond acceptors (Lipinski definition) is 5. The van der Waals surface area contributed by atoms with Gasteiger partial charge in [0.1, 0.15) is 5.78 Å². The van der Waals surface area contributed by atoms with E-state index in [9.17, 15) is 21.6 Å². The maximum Gasteiger partial charge on any atom is 0.229 e. The topological polar surface area (TPSA) is 109 Å². The van der Waals surface area contributed by atoms with Gasteiger partial charge in [0.15, 0.2) is 0 Å². The van der Waals surface area contributed by atoms with Crippen LogP contribution in [0.2, 0.25) is 0 Å². The van der Waals surface area contributed by atoms with Gasteiger partial charge >= 0.3 is 0 Å². The van der Waals surface area contributed by atoms with E-state index in [0.717, 1.165) is 23.6 Å². The molecule has 2 unspecified atom stereocenters. The molecule has 2 aromatic rings. The summed E-state index contributed by atoms with van der Waals surface area (Å²) in [5, 5.41) is 0.809. The molecule has 0 bridgehead atoms. The summed E-state index contributed by atoms with van der Waals surface area (Å²) >= 11 is 6.82. The standard InChI is InChI=1S/C19H22Br2N2O5S2/c1-29(25,26)22-15-7-3-13(4-8-15)17(11-20)19(24)18(12-21)14-5-9-16(10-6-14)23-30(2,27)28/h3-10,17-18,22-23H,11-12H2,1-2H3. The molecule has 0 saturated carbocycles. The number of Topliss-reactive ketones (excluding diaryl/α,β-unsaturated/α-hetero) is 1. The molecule has 11 heteroatoms. The molecule has 30 heavy (non-hydrogen) atoms. The Kier molecular flexibility index (Phi) is 8.49. The molecule has 0 aliphatic heterocycles. The molecule has 0 heterocycles. The molecule has 0 aromatic heterocycles. The fourth-order valence-corrected chi connectivity index (χ4v) is 5.41. The van der Waals surface area contributed by atoms with Gasteiger partial charge in [0.2, 0.25) is 20.0 Å². The van der Waals surface area contributed by atoms with Crippen molar-refractivity contribution in [2.45, 2.75) is 11.8 Å². The van der Waals surface area contributed by atoms with Gasteiger partial charge in [-0.25, -0.2) is 16.8 Å². The van der Waals surface area contributed by atoms with Crippen LogP contribution >= 0.6 is 31.9 Å². The molecule has 164 valence electrons. The summed E-state index contributed by atoms with van der Waals surface area (Å²) in [7, 11) is -6.75. The summed E-state index contributed by atoms with van der Waals surface area (Å²) in [5.74, 6) is -0.890. The summed E-state index contributed by atoms with van der Waals surface area (Å²) in [6.07, 6.45) is 2.14. The summed E-state index contributed by atoms with van der Waals surface area (Å²) in [4.78, 5) is 13.3. The lowest BCUT2D eigenvalue weighted by atomic mass is 9.85. The minimum absolute atomic E-state index is 0.0172. The van der Waals surface area contributed by atoms with Crippen molar-refractivity contribution in [2.24, 2.45) is 0 Å². The van der Waals surface area contributed by atoms with Crippen LogP contribution in [0.25, 0.3) is 0 Å². The highest BCUT2D eigenvalue weighted by molar-refractivity contribution is 9.09. The Morgan fingerprint density at radius 1 is 0.733 bits per heavy atom. The van der Waals surface area contributed by atoms with Crippen molar-refractivity contribution in [3.05, 3.63) is 59.7 Å². The van der Waals surface area contributed by atoms with Gasteiger partial charge in [-0.1, -0.05) is 56.1 Å². The third kappa shape index (κ3) is 7.36. The van der Waals surface area contributed by atoms with Crippen LogP contribution in [-0.4, -0.2) is 45.8 Å². The highest BCUT2D eigenvalue weighted by Crippen LogP contribution is 2.31. The molecule has 0 saturated heterocycles. The van der Waals surface area contributed by atoms with Crippen LogP contribution in [0.3, 0.4) is 0 Å². The number of carbonyl (C=O) groups is 1. The molecule has 2 atom stereocenters. The van der Waals surface area contributed by atoms with E-state index < -0.39 is 31.9 Å². The van der Waals surface area contributed by atoms with E-state index in [2.05, 4.69) is 41.3 Å². The highest BCUT2D eigenvalue weighted by atomic mass is 79.9. The second-order valence-electron chi connectivity index (χ2n) is 6.81. The molecule has 0 spiro atoms. The maximum atomic E-state index is 13.3. The zero-order valence-corrected chi connectivity index (χ0v) is 21.1. The van der Waals surface area contributed by atoms with E-state index in [1.54, 1.807) is 48.5 Å². The van der Waals surface area contributed by atoms with Crippen molar-refractivity contribution < 1.29 is 21.6 Å². The van der Waals surface area contributed by atoms with Crippen LogP contribution in [-0.2, 0) is 24.8 Å². The van der Waals surface area contributed by atoms with E-state index in [4.69, 9.17) is 0 Å². The van der Waals surface area contributed by atoms with Crippen molar-refractivity contribution in [1.82, 2.24) is 0 Å². The van der Waals surface area contributed by atoms with Crippen LogP contribution in [0.1, 0.15) is 23.0 Å². The van der Waals surface area contributed by atoms with Crippen molar-refractivity contribution in [2.75, 3.05) is 32.6 Å². The van der Waals surface area contributed by atoms with Gasteiger partial charge in [0, 0.05) is 22.0 Å². The third-order valence-electron chi connectivity index (χ3n) is 4.23. The summed E-state index contributed by atoms with van der Waals surface area (Å²) in [5.41, 5.74) is 2.37. The predicted octanol–water partition coefficient (Wildman–Crippen LogP) is 3.66. The number of anilines is 2. The van der Waals surface area contributed by atoms with Crippen LogP contribution in [0.5, 0.6) is 0 Å². The summed E-state index contributed by atoms with van der Waals surface area (Å²) < 4.78 is 50.2. The molecule has 0 aliphatic rings. The van der Waals surface area contributed by atoms with Gasteiger partial charge in [-0.15, -0.1) is 0 Å². The lowest BCUT2D eigenvalue weighted by molar-refractivity contribution is -0.121. The van der Waals surface area contributed by atoms with Gasteiger partial charge in [0.05, 0.1) is 24.3 Å². The van der Waals surface area contributed by atoms with Crippen LogP contribution < -0.4 is 9.44 Å². The van der Waals surface area contributed by atoms with E-state index in [1.807, 2.05) is 0 Å². The van der Waals surface area contributed by atoms with Crippen LogP contribution in [0.15, 0.2) is 48.5 Å². The van der Waals surface area contributed by atoms with Gasteiger partial charge in [-0.05, 0) is 35.4 Å². The van der Waals surface area contributed by atoms with Crippen LogP contribution in [0, 0.1) is 0 Å². The average molecular weight is 582 g/mol. The number of alkyl halides is 2. The fourth-order valence-electron chi connectivity index (χ4n) is 2.90. The number of hydrogen-bond donors (Lipinski definition) is 2. The number of carbonyl (C=O) groups excluding carboxylic acids is 1. The van der Waals surface area contributed by atoms with E-state index in [-0.39, 0.29) is 5.78 Å². The minimum atomic E-state index is -3.38. The van der Waals surface area contributed by atoms with E-state index in [1.165, 1.54) is 0 Å². The number of ketones is 1. The molecule has 2 aromatic carbocycles. The summed E-state index contributed by atoms with van der Waals surface area (Å²) in [6, 6.07) is 13.4. The fraction of sp³-hybridized carbons (Fsp3) is 0.316. The molecule has 7 nitrogen and oxygen atoms in total. The lowest BCUT2D eigenvalue weighted by Gasteiger charge is -2.21. The van der Waals surface area contributed by atoms with Crippen molar-refractivity contribution in [1.29, 1.82) is 0 Å². The SMILES string of the molecule is CS(=O)(=O)Nc1ccc(C(CBr)C(=O)C(CBr)c2ccc(NS(C)(=O)=O)cc2)cc1. The molecule has 0 radical (unpaired) electrons. The van der Waals surface area contributed by atoms with E-state index >= 15 is 0 Å². The quantitative estimate of drug-likeness (QED) is 0.416. The van der Waals surface area contributed by atoms with Crippen molar-refractivity contribution in [3.63, 3.8) is 0 Å². The Balaban J connectivity index is 2.23. The number of halogens is 2. The minimum Gasteiger partial charge on any atom is -0.298 e. The first-order valence-electron chi connectivity index (χ1n) is 8.74. The monoisotopic (exact) mass is 580 g/mol. The number of rotatable bonds is 10. The molecular formula is C19H22Br2N2O5S2. The largest absolute Gasteiger partial charge is 0.298 e. The van der Waals surface area contributed by atoms with Crippen molar-refractivity contribution >= 4 is 69.1 Å². The Morgan fingerprint density at radius 3 is 1.27 bits per heavy atom. The molecular weight excluding hydrogens is 560 g/mol. The first-order valence-corrected chi connectivity index (χ1v) is 14.8. The van der Waals surface area contributed by atoms with E-state index in [0.29, 0.717) is 22.0 Å². The van der Waals surface area contributed by atoms with Crippen molar-refractivity contribution in [3.8, 4) is 0 Å². The van der Waals surface area contributed by atoms with Gasteiger partial charge in [-0.2, -0.15) is 0 Å². The zero-order chi connectivity index (χ0) is 22.5.